The molecule has 5 nitrogen and oxygen atoms in total. The number of halogens is 2. The van der Waals surface area contributed by atoms with E-state index in [4.69, 9.17) is 28.9 Å². The number of hydrogen-bond acceptors (Lipinski definition) is 4. The number of nitrogens with two attached hydrogens (primary N) is 1. The van der Waals surface area contributed by atoms with Gasteiger partial charge >= 0.3 is 0 Å². The van der Waals surface area contributed by atoms with Crippen molar-refractivity contribution in [1.29, 1.82) is 0 Å². The van der Waals surface area contributed by atoms with Crippen molar-refractivity contribution in [3.8, 4) is 0 Å². The van der Waals surface area contributed by atoms with E-state index in [-0.39, 0.29) is 18.3 Å². The topological polar surface area (TPSA) is 71.2 Å². The van der Waals surface area contributed by atoms with E-state index in [1.807, 2.05) is 6.92 Å². The average molecular weight is 291 g/mol. The number of likely N-dealkylation sites (N-methyl/N-ethyl adjacent to an activating group) is 1. The number of rotatable bonds is 5. The first-order valence-electron chi connectivity index (χ1n) is 5.55. The smallest absolute Gasteiger partial charge is 0.239 e. The number of aromatic nitrogens is 1. The molecule has 0 aliphatic carbocycles. The van der Waals surface area contributed by atoms with Crippen molar-refractivity contribution < 1.29 is 4.79 Å². The second-order valence-corrected chi connectivity index (χ2v) is 4.68. The lowest BCUT2D eigenvalue weighted by atomic mass is 10.4. The van der Waals surface area contributed by atoms with Crippen LogP contribution < -0.4 is 16.0 Å². The second-order valence-electron chi connectivity index (χ2n) is 3.87. The molecule has 7 heteroatoms. The molecule has 0 radical (unpaired) electrons. The first-order valence-corrected chi connectivity index (χ1v) is 6.30. The van der Waals surface area contributed by atoms with Gasteiger partial charge in [0.25, 0.3) is 0 Å². The van der Waals surface area contributed by atoms with Crippen LogP contribution in [-0.2, 0) is 4.79 Å². The number of nitrogens with zero attached hydrogens (tertiary/aromatic N) is 2. The lowest BCUT2D eigenvalue weighted by Crippen LogP contribution is -2.36. The third-order valence-electron chi connectivity index (χ3n) is 2.25. The van der Waals surface area contributed by atoms with Crippen LogP contribution in [0.3, 0.4) is 0 Å². The zero-order chi connectivity index (χ0) is 13.7. The molecule has 0 fully saturated rings. The SMILES string of the molecule is CCCNC(=O)CN(C)c1nc(N)c(Cl)cc1Cl. The molecule has 1 amide bonds. The van der Waals surface area contributed by atoms with E-state index in [1.54, 1.807) is 11.9 Å². The van der Waals surface area contributed by atoms with Gasteiger partial charge in [0, 0.05) is 13.6 Å². The molecule has 0 saturated heterocycles. The van der Waals surface area contributed by atoms with Gasteiger partial charge in [-0.25, -0.2) is 4.98 Å². The van der Waals surface area contributed by atoms with Gasteiger partial charge in [-0.1, -0.05) is 30.1 Å². The molecule has 3 N–H and O–H groups in total. The molecule has 1 heterocycles. The molecule has 0 aliphatic rings. The Bertz CT molecular complexity index is 439. The third-order valence-corrected chi connectivity index (χ3v) is 2.83. The van der Waals surface area contributed by atoms with Crippen LogP contribution in [0.2, 0.25) is 10.0 Å². The summed E-state index contributed by atoms with van der Waals surface area (Å²) in [4.78, 5) is 17.3. The molecule has 0 spiro atoms. The molecule has 1 rings (SSSR count). The lowest BCUT2D eigenvalue weighted by Gasteiger charge is -2.19. The number of nitrogen functional groups attached to an aromatic ring is 1. The van der Waals surface area contributed by atoms with E-state index in [0.717, 1.165) is 6.42 Å². The number of carbonyl (C=O) groups excluding carboxylic acids is 1. The van der Waals surface area contributed by atoms with E-state index in [9.17, 15) is 4.79 Å². The van der Waals surface area contributed by atoms with Gasteiger partial charge in [-0.3, -0.25) is 4.79 Å². The van der Waals surface area contributed by atoms with Gasteiger partial charge < -0.3 is 16.0 Å². The maximum Gasteiger partial charge on any atom is 0.239 e. The first kappa shape index (κ1) is 14.9. The summed E-state index contributed by atoms with van der Waals surface area (Å²) in [6, 6.07) is 1.52. The van der Waals surface area contributed by atoms with Gasteiger partial charge in [0.1, 0.15) is 11.6 Å². The summed E-state index contributed by atoms with van der Waals surface area (Å²) in [5, 5.41) is 3.43. The van der Waals surface area contributed by atoms with Crippen molar-refractivity contribution in [1.82, 2.24) is 10.3 Å². The molecule has 0 bridgehead atoms. The minimum absolute atomic E-state index is 0.0919. The van der Waals surface area contributed by atoms with Crippen molar-refractivity contribution in [2.24, 2.45) is 0 Å². The van der Waals surface area contributed by atoms with Crippen molar-refractivity contribution in [3.05, 3.63) is 16.1 Å². The maximum absolute atomic E-state index is 11.6. The predicted molar refractivity (Wildman–Crippen MR) is 75.2 cm³/mol. The predicted octanol–water partition coefficient (Wildman–Crippen LogP) is 1.93. The summed E-state index contributed by atoms with van der Waals surface area (Å²) >= 11 is 11.8. The molecule has 0 unspecified atom stereocenters. The van der Waals surface area contributed by atoms with Gasteiger partial charge in [0.15, 0.2) is 0 Å². The van der Waals surface area contributed by atoms with Gasteiger partial charge in [-0.2, -0.15) is 0 Å². The van der Waals surface area contributed by atoms with Gasteiger partial charge in [-0.05, 0) is 12.5 Å². The van der Waals surface area contributed by atoms with Gasteiger partial charge in [-0.15, -0.1) is 0 Å². The summed E-state index contributed by atoms with van der Waals surface area (Å²) in [7, 11) is 1.72. The van der Waals surface area contributed by atoms with Crippen LogP contribution in [0, 0.1) is 0 Å². The summed E-state index contributed by atoms with van der Waals surface area (Å²) in [5.74, 6) is 0.535. The number of carbonyl (C=O) groups is 1. The van der Waals surface area contributed by atoms with Crippen LogP contribution in [0.1, 0.15) is 13.3 Å². The van der Waals surface area contributed by atoms with Crippen LogP contribution in [0.15, 0.2) is 6.07 Å². The molecule has 100 valence electrons. The van der Waals surface area contributed by atoms with E-state index in [2.05, 4.69) is 10.3 Å². The van der Waals surface area contributed by atoms with E-state index in [1.165, 1.54) is 6.07 Å². The minimum atomic E-state index is -0.0919. The van der Waals surface area contributed by atoms with Crippen LogP contribution >= 0.6 is 23.2 Å². The summed E-state index contributed by atoms with van der Waals surface area (Å²) in [5.41, 5.74) is 5.61. The normalized spacial score (nSPS) is 10.2. The first-order chi connectivity index (χ1) is 8.45. The number of amides is 1. The Balaban J connectivity index is 2.75. The number of pyridine rings is 1. The number of nitrogens with one attached hydrogen (secondary N) is 1. The largest absolute Gasteiger partial charge is 0.382 e. The Labute approximate surface area is 116 Å². The average Bonchev–Trinajstić information content (AvgIpc) is 2.31. The Morgan fingerprint density at radius 1 is 1.50 bits per heavy atom. The molecule has 0 aromatic carbocycles. The highest BCUT2D eigenvalue weighted by atomic mass is 35.5. The lowest BCUT2D eigenvalue weighted by molar-refractivity contribution is -0.119. The Morgan fingerprint density at radius 3 is 2.78 bits per heavy atom. The van der Waals surface area contributed by atoms with E-state index < -0.39 is 0 Å². The fourth-order valence-electron chi connectivity index (χ4n) is 1.35. The zero-order valence-corrected chi connectivity index (χ0v) is 11.8. The quantitative estimate of drug-likeness (QED) is 0.869. The zero-order valence-electron chi connectivity index (χ0n) is 10.3. The molecule has 1 aromatic heterocycles. The molecule has 0 saturated carbocycles. The van der Waals surface area contributed by atoms with Crippen molar-refractivity contribution in [2.45, 2.75) is 13.3 Å². The molecule has 18 heavy (non-hydrogen) atoms. The summed E-state index contributed by atoms with van der Waals surface area (Å²) in [6.45, 7) is 2.80. The Kier molecular flexibility index (Phi) is 5.50. The molecule has 1 aromatic rings. The highest BCUT2D eigenvalue weighted by Crippen LogP contribution is 2.29. The van der Waals surface area contributed by atoms with Crippen molar-refractivity contribution >= 4 is 40.7 Å². The molecular formula is C11H16Cl2N4O. The highest BCUT2D eigenvalue weighted by molar-refractivity contribution is 6.37. The summed E-state index contributed by atoms with van der Waals surface area (Å²) < 4.78 is 0. The Hall–Kier alpha value is -1.20. The number of hydrogen-bond donors (Lipinski definition) is 2. The van der Waals surface area contributed by atoms with Gasteiger partial charge in [0.05, 0.1) is 16.6 Å². The highest BCUT2D eigenvalue weighted by Gasteiger charge is 2.13. The van der Waals surface area contributed by atoms with E-state index >= 15 is 0 Å². The van der Waals surface area contributed by atoms with Crippen LogP contribution in [0.4, 0.5) is 11.6 Å². The number of anilines is 2. The monoisotopic (exact) mass is 290 g/mol. The van der Waals surface area contributed by atoms with Crippen molar-refractivity contribution in [2.75, 3.05) is 30.8 Å². The second kappa shape index (κ2) is 6.66. The third kappa shape index (κ3) is 3.92. The standard InChI is InChI=1S/C11H16Cl2N4O/c1-3-4-15-9(18)6-17(2)11-8(13)5-7(12)10(14)16-11/h5H,3-4,6H2,1-2H3,(H2,14,16)(H,15,18). The van der Waals surface area contributed by atoms with Crippen LogP contribution in [0.25, 0.3) is 0 Å². The maximum atomic E-state index is 11.6. The van der Waals surface area contributed by atoms with Crippen LogP contribution in [0.5, 0.6) is 0 Å². The molecule has 0 atom stereocenters. The molecule has 0 aliphatic heterocycles. The fraction of sp³-hybridized carbons (Fsp3) is 0.455. The van der Waals surface area contributed by atoms with E-state index in [0.29, 0.717) is 22.4 Å². The minimum Gasteiger partial charge on any atom is -0.382 e. The van der Waals surface area contributed by atoms with Crippen molar-refractivity contribution in [3.63, 3.8) is 0 Å². The summed E-state index contributed by atoms with van der Waals surface area (Å²) in [6.07, 6.45) is 0.891. The fourth-order valence-corrected chi connectivity index (χ4v) is 1.85. The van der Waals surface area contributed by atoms with Crippen LogP contribution in [-0.4, -0.2) is 31.0 Å². The molecular weight excluding hydrogens is 275 g/mol. The Morgan fingerprint density at radius 2 is 2.17 bits per heavy atom. The van der Waals surface area contributed by atoms with Gasteiger partial charge in [0.2, 0.25) is 5.91 Å².